The molecule has 0 amide bonds. The Hall–Kier alpha value is 0.900. The van der Waals surface area contributed by atoms with Crippen molar-refractivity contribution in [2.45, 2.75) is 90.0 Å². The Labute approximate surface area is 191 Å². The van der Waals surface area contributed by atoms with E-state index in [1.807, 2.05) is 0 Å². The summed E-state index contributed by atoms with van der Waals surface area (Å²) in [5.74, 6) is -2.47. The van der Waals surface area contributed by atoms with E-state index in [-0.39, 0.29) is 72.0 Å². The third kappa shape index (κ3) is 20.9. The van der Waals surface area contributed by atoms with E-state index < -0.39 is 18.0 Å². The summed E-state index contributed by atoms with van der Waals surface area (Å²) in [6.07, 6.45) is 12.0. The molecule has 0 aliphatic carbocycles. The molecule has 0 aliphatic heterocycles. The summed E-state index contributed by atoms with van der Waals surface area (Å²) in [5.41, 5.74) is 0. The Bertz CT molecular complexity index is 304. The number of aliphatic carboxylic acids is 2. The maximum atomic E-state index is 10.8. The zero-order valence-electron chi connectivity index (χ0n) is 15.9. The second-order valence-electron chi connectivity index (χ2n) is 5.92. The first-order chi connectivity index (χ1) is 10.6. The summed E-state index contributed by atoms with van der Waals surface area (Å²) in [6, 6.07) is -0.892. The minimum atomic E-state index is -1.24. The summed E-state index contributed by atoms with van der Waals surface area (Å²) in [5, 5.41) is 24.0. The number of hydrogen-bond donors (Lipinski definition) is 1. The predicted molar refractivity (Wildman–Crippen MR) is 82.9 cm³/mol. The van der Waals surface area contributed by atoms with Gasteiger partial charge in [0, 0.05) is 12.0 Å². The molecule has 1 N–H and O–H groups in total. The molecule has 0 spiro atoms. The minimum Gasteiger partial charge on any atom is -0.550 e. The van der Waals surface area contributed by atoms with Crippen molar-refractivity contribution in [2.75, 3.05) is 6.54 Å². The quantitative estimate of drug-likeness (QED) is 0.220. The van der Waals surface area contributed by atoms with Crippen LogP contribution in [0.2, 0.25) is 0 Å². The van der Waals surface area contributed by atoms with Crippen LogP contribution in [0.3, 0.4) is 0 Å². The number of unbranched alkanes of at least 4 members (excludes halogenated alkanes) is 9. The minimum absolute atomic E-state index is 0. The van der Waals surface area contributed by atoms with Gasteiger partial charge in [0.1, 0.15) is 0 Å². The van der Waals surface area contributed by atoms with Gasteiger partial charge in [0.05, 0.1) is 5.97 Å². The van der Waals surface area contributed by atoms with Crippen LogP contribution in [0.1, 0.15) is 84.0 Å². The van der Waals surface area contributed by atoms with E-state index >= 15 is 0 Å². The molecule has 0 heterocycles. The van der Waals surface area contributed by atoms with E-state index in [9.17, 15) is 19.8 Å². The van der Waals surface area contributed by atoms with Crippen molar-refractivity contribution in [3.05, 3.63) is 0 Å². The molecule has 0 saturated carbocycles. The monoisotopic (exact) mass is 359 g/mol. The fourth-order valence-corrected chi connectivity index (χ4v) is 2.45. The van der Waals surface area contributed by atoms with Crippen molar-refractivity contribution in [1.29, 1.82) is 0 Å². The molecule has 0 aromatic carbocycles. The van der Waals surface area contributed by atoms with Crippen molar-refractivity contribution < 1.29 is 78.9 Å². The normalized spacial score (nSPS) is 11.2. The topological polar surface area (TPSA) is 92.3 Å². The number of carbonyl (C=O) groups is 2. The molecule has 0 aliphatic rings. The van der Waals surface area contributed by atoms with Crippen LogP contribution in [0.4, 0.5) is 0 Å². The van der Waals surface area contributed by atoms with E-state index in [1.54, 1.807) is 0 Å². The first-order valence-corrected chi connectivity index (χ1v) is 8.72. The van der Waals surface area contributed by atoms with Crippen molar-refractivity contribution in [2.24, 2.45) is 0 Å². The van der Waals surface area contributed by atoms with Crippen molar-refractivity contribution >= 4 is 11.9 Å². The van der Waals surface area contributed by atoms with Gasteiger partial charge in [-0.05, 0) is 25.8 Å². The van der Waals surface area contributed by atoms with Crippen LogP contribution in [0, 0.1) is 0 Å². The van der Waals surface area contributed by atoms with E-state index in [1.165, 1.54) is 51.4 Å². The fraction of sp³-hybridized carbons (Fsp3) is 0.882. The molecule has 0 saturated heterocycles. The zero-order valence-corrected chi connectivity index (χ0v) is 19.9. The third-order valence-corrected chi connectivity index (χ3v) is 3.84. The molecule has 0 fully saturated rings. The molecule has 0 radical (unpaired) electrons. The van der Waals surface area contributed by atoms with Crippen LogP contribution in [0.15, 0.2) is 0 Å². The number of carboxylic acid groups (broad SMARTS) is 2. The Balaban J connectivity index is -0.00000220. The maximum absolute atomic E-state index is 10.8. The van der Waals surface area contributed by atoms with Gasteiger partial charge in [-0.25, -0.2) is 0 Å². The number of carbonyl (C=O) groups excluding carboxylic acids is 2. The van der Waals surface area contributed by atoms with Gasteiger partial charge in [0.25, 0.3) is 0 Å². The van der Waals surface area contributed by atoms with Crippen LogP contribution in [-0.2, 0) is 9.59 Å². The fourth-order valence-electron chi connectivity index (χ4n) is 2.45. The van der Waals surface area contributed by atoms with Gasteiger partial charge in [0.2, 0.25) is 0 Å². The van der Waals surface area contributed by atoms with Crippen LogP contribution in [0.25, 0.3) is 0 Å². The third-order valence-electron chi connectivity index (χ3n) is 3.84. The van der Waals surface area contributed by atoms with Crippen molar-refractivity contribution in [1.82, 2.24) is 5.32 Å². The first-order valence-electron chi connectivity index (χ1n) is 8.72. The molecular weight excluding hydrogens is 328 g/mol. The molecule has 0 bridgehead atoms. The van der Waals surface area contributed by atoms with Crippen molar-refractivity contribution in [3.8, 4) is 0 Å². The maximum Gasteiger partial charge on any atom is 1.00 e. The van der Waals surface area contributed by atoms with E-state index in [0.29, 0.717) is 6.54 Å². The average molecular weight is 359 g/mol. The van der Waals surface area contributed by atoms with Crippen LogP contribution in [-0.4, -0.2) is 24.5 Å². The number of hydrogen-bond acceptors (Lipinski definition) is 5. The molecule has 0 unspecified atom stereocenters. The van der Waals surface area contributed by atoms with Gasteiger partial charge in [0.15, 0.2) is 0 Å². The van der Waals surface area contributed by atoms with Gasteiger partial charge >= 0.3 is 59.1 Å². The van der Waals surface area contributed by atoms with E-state index in [2.05, 4.69) is 12.2 Å². The molecule has 5 nitrogen and oxygen atoms in total. The number of carboxylic acids is 2. The van der Waals surface area contributed by atoms with E-state index in [0.717, 1.165) is 12.8 Å². The van der Waals surface area contributed by atoms with Crippen LogP contribution >= 0.6 is 0 Å². The van der Waals surface area contributed by atoms with Crippen molar-refractivity contribution in [3.63, 3.8) is 0 Å². The summed E-state index contributed by atoms with van der Waals surface area (Å²) in [4.78, 5) is 21.2. The van der Waals surface area contributed by atoms with Gasteiger partial charge in [-0.15, -0.1) is 0 Å². The molecule has 24 heavy (non-hydrogen) atoms. The van der Waals surface area contributed by atoms with Gasteiger partial charge < -0.3 is 25.1 Å². The summed E-state index contributed by atoms with van der Waals surface area (Å²) in [6.45, 7) is 2.81. The number of rotatable bonds is 16. The molecule has 0 rings (SSSR count). The zero-order chi connectivity index (χ0) is 16.6. The van der Waals surface area contributed by atoms with Gasteiger partial charge in [-0.2, -0.15) is 0 Å². The Morgan fingerprint density at radius 1 is 0.833 bits per heavy atom. The number of nitrogens with one attached hydrogen (secondary N) is 1. The molecule has 1 atom stereocenters. The first kappa shape index (κ1) is 29.7. The predicted octanol–water partition coefficient (Wildman–Crippen LogP) is -4.85. The molecule has 0 aromatic heterocycles. The van der Waals surface area contributed by atoms with Gasteiger partial charge in [-0.1, -0.05) is 64.7 Å². The molecular formula is C17H31NNa2O4. The Morgan fingerprint density at radius 3 is 1.71 bits per heavy atom. The Kier molecular flexibility index (Phi) is 27.1. The molecule has 0 aromatic rings. The summed E-state index contributed by atoms with van der Waals surface area (Å²) < 4.78 is 0. The molecule has 130 valence electrons. The summed E-state index contributed by atoms with van der Waals surface area (Å²) >= 11 is 0. The second kappa shape index (κ2) is 21.9. The van der Waals surface area contributed by atoms with Crippen LogP contribution < -0.4 is 74.6 Å². The average Bonchev–Trinajstić information content (AvgIpc) is 2.47. The smallest absolute Gasteiger partial charge is 0.550 e. The second-order valence-corrected chi connectivity index (χ2v) is 5.92. The standard InChI is InChI=1S/C17H33NO4.2Na/c1-2-3-4-5-6-7-8-9-10-11-14-18-15(17(21)22)12-13-16(19)20;;/h15,18H,2-14H2,1H3,(H,19,20)(H,21,22);;/q;2*+1/p-2/t15-;;/m0../s1. The largest absolute Gasteiger partial charge is 1.00 e. The SMILES string of the molecule is CCCCCCCCCCCCN[C@@H](CCC(=O)[O-])C(=O)[O-].[Na+].[Na+]. The van der Waals surface area contributed by atoms with Crippen LogP contribution in [0.5, 0.6) is 0 Å². The van der Waals surface area contributed by atoms with E-state index in [4.69, 9.17) is 0 Å². The van der Waals surface area contributed by atoms with Gasteiger partial charge in [-0.3, -0.25) is 0 Å². The molecule has 7 heteroatoms. The summed E-state index contributed by atoms with van der Waals surface area (Å²) in [7, 11) is 0. The Morgan fingerprint density at radius 2 is 1.29 bits per heavy atom.